The van der Waals surface area contributed by atoms with Gasteiger partial charge in [-0.1, -0.05) is 12.1 Å². The van der Waals surface area contributed by atoms with Crippen LogP contribution in [0.2, 0.25) is 0 Å². The zero-order chi connectivity index (χ0) is 15.0. The Kier molecular flexibility index (Phi) is 5.91. The van der Waals surface area contributed by atoms with Crippen LogP contribution in [0.1, 0.15) is 19.3 Å². The minimum Gasteiger partial charge on any atom is -0.324 e. The van der Waals surface area contributed by atoms with E-state index in [-0.39, 0.29) is 42.1 Å². The van der Waals surface area contributed by atoms with E-state index in [0.717, 1.165) is 43.7 Å². The van der Waals surface area contributed by atoms with Gasteiger partial charge in [0.1, 0.15) is 0 Å². The van der Waals surface area contributed by atoms with E-state index < -0.39 is 0 Å². The Labute approximate surface area is 154 Å². The van der Waals surface area contributed by atoms with Crippen LogP contribution in [0.5, 0.6) is 0 Å². The molecule has 1 aliphatic heterocycles. The predicted octanol–water partition coefficient (Wildman–Crippen LogP) is 3.04. The molecule has 1 saturated heterocycles. The van der Waals surface area contributed by atoms with Gasteiger partial charge in [-0.3, -0.25) is 4.79 Å². The molecule has 2 N–H and O–H groups in total. The predicted molar refractivity (Wildman–Crippen MR) is 99.3 cm³/mol. The Morgan fingerprint density at radius 2 is 2.00 bits per heavy atom. The number of piperidine rings is 1. The van der Waals surface area contributed by atoms with Crippen LogP contribution in [-0.2, 0) is 4.79 Å². The maximum atomic E-state index is 12.6. The van der Waals surface area contributed by atoms with Gasteiger partial charge >= 0.3 is 0 Å². The molecule has 1 aromatic carbocycles. The topological polar surface area (TPSA) is 59.0 Å². The number of anilines is 1. The molecule has 1 spiro atoms. The minimum atomic E-state index is 0. The van der Waals surface area contributed by atoms with Gasteiger partial charge in [0.15, 0.2) is 0 Å². The third-order valence-corrected chi connectivity index (χ3v) is 5.05. The summed E-state index contributed by atoms with van der Waals surface area (Å²) in [6.45, 7) is 2.07. The average molecular weight is 369 g/mol. The smallest absolute Gasteiger partial charge is 0.228 e. The lowest BCUT2D eigenvalue weighted by molar-refractivity contribution is -0.118. The zero-order valence-electron chi connectivity index (χ0n) is 13.3. The number of aromatic nitrogens is 2. The molecule has 2 aromatic rings. The van der Waals surface area contributed by atoms with E-state index >= 15 is 0 Å². The number of imidazole rings is 1. The summed E-state index contributed by atoms with van der Waals surface area (Å²) in [6, 6.07) is 7.86. The quantitative estimate of drug-likeness (QED) is 0.874. The molecule has 0 radical (unpaired) electrons. The fourth-order valence-corrected chi connectivity index (χ4v) is 3.62. The molecule has 7 heteroatoms. The van der Waals surface area contributed by atoms with Crippen molar-refractivity contribution in [2.45, 2.75) is 19.3 Å². The van der Waals surface area contributed by atoms with Gasteiger partial charge in [0.25, 0.3) is 0 Å². The molecule has 130 valence electrons. The number of amides is 1. The zero-order valence-corrected chi connectivity index (χ0v) is 14.9. The van der Waals surface area contributed by atoms with Crippen molar-refractivity contribution in [2.24, 2.45) is 11.3 Å². The third kappa shape index (κ3) is 3.43. The van der Waals surface area contributed by atoms with Crippen LogP contribution in [0, 0.1) is 11.3 Å². The van der Waals surface area contributed by atoms with Gasteiger partial charge in [-0.15, -0.1) is 24.8 Å². The molecule has 1 amide bonds. The molecule has 1 aromatic heterocycles. The van der Waals surface area contributed by atoms with E-state index in [9.17, 15) is 4.79 Å². The second-order valence-electron chi connectivity index (χ2n) is 6.35. The number of hydrogen-bond donors (Lipinski definition) is 2. The molecule has 5 nitrogen and oxygen atoms in total. The molecule has 1 saturated carbocycles. The van der Waals surface area contributed by atoms with Gasteiger partial charge in [-0.2, -0.15) is 0 Å². The number of benzene rings is 1. The molecule has 1 unspecified atom stereocenters. The standard InChI is InChI=1S/C17H20N4O.2ClH/c22-16(13-11-17(13)5-7-18-8-6-17)20-14-3-1-2-4-15(14)21-10-9-19-12-21;;/h1-4,9-10,12-13,18H,5-8,11H2,(H,20,22);2*1H. The summed E-state index contributed by atoms with van der Waals surface area (Å²) in [5.74, 6) is 0.333. The summed E-state index contributed by atoms with van der Waals surface area (Å²) in [5, 5.41) is 6.50. The van der Waals surface area contributed by atoms with E-state index in [0.29, 0.717) is 0 Å². The molecule has 1 atom stereocenters. The summed E-state index contributed by atoms with van der Waals surface area (Å²) < 4.78 is 1.92. The van der Waals surface area contributed by atoms with E-state index in [1.54, 1.807) is 12.5 Å². The first-order chi connectivity index (χ1) is 10.8. The van der Waals surface area contributed by atoms with Gasteiger partial charge in [0, 0.05) is 18.3 Å². The van der Waals surface area contributed by atoms with Crippen molar-refractivity contribution in [1.82, 2.24) is 14.9 Å². The van der Waals surface area contributed by atoms with Crippen molar-refractivity contribution in [3.8, 4) is 5.69 Å². The molecular weight excluding hydrogens is 347 g/mol. The maximum absolute atomic E-state index is 12.6. The van der Waals surface area contributed by atoms with Gasteiger partial charge < -0.3 is 15.2 Å². The van der Waals surface area contributed by atoms with E-state index in [2.05, 4.69) is 15.6 Å². The number of nitrogens with zero attached hydrogens (tertiary/aromatic N) is 2. The van der Waals surface area contributed by atoms with Crippen LogP contribution in [0.3, 0.4) is 0 Å². The molecule has 2 heterocycles. The fraction of sp³-hybridized carbons (Fsp3) is 0.412. The highest BCUT2D eigenvalue weighted by molar-refractivity contribution is 5.96. The van der Waals surface area contributed by atoms with Crippen LogP contribution in [-0.4, -0.2) is 28.5 Å². The second-order valence-corrected chi connectivity index (χ2v) is 6.35. The van der Waals surface area contributed by atoms with Crippen LogP contribution in [0.25, 0.3) is 5.69 Å². The van der Waals surface area contributed by atoms with E-state index in [1.807, 2.05) is 35.0 Å². The van der Waals surface area contributed by atoms with Crippen molar-refractivity contribution in [3.05, 3.63) is 43.0 Å². The van der Waals surface area contributed by atoms with Gasteiger partial charge in [0.2, 0.25) is 5.91 Å². The number of carbonyl (C=O) groups is 1. The molecule has 2 aliphatic rings. The van der Waals surface area contributed by atoms with Gasteiger partial charge in [-0.25, -0.2) is 4.98 Å². The van der Waals surface area contributed by atoms with Gasteiger partial charge in [0.05, 0.1) is 17.7 Å². The van der Waals surface area contributed by atoms with Crippen LogP contribution >= 0.6 is 24.8 Å². The Bertz CT molecular complexity index is 684. The number of hydrogen-bond acceptors (Lipinski definition) is 3. The number of rotatable bonds is 3. The molecule has 4 rings (SSSR count). The molecular formula is C17H22Cl2N4O. The Morgan fingerprint density at radius 3 is 2.71 bits per heavy atom. The van der Waals surface area contributed by atoms with E-state index in [4.69, 9.17) is 0 Å². The highest BCUT2D eigenvalue weighted by atomic mass is 35.5. The van der Waals surface area contributed by atoms with Crippen molar-refractivity contribution in [1.29, 1.82) is 0 Å². The Morgan fingerprint density at radius 1 is 1.25 bits per heavy atom. The highest BCUT2D eigenvalue weighted by Gasteiger charge is 2.57. The second kappa shape index (κ2) is 7.55. The number of para-hydroxylation sites is 2. The maximum Gasteiger partial charge on any atom is 0.228 e. The monoisotopic (exact) mass is 368 g/mol. The molecule has 24 heavy (non-hydrogen) atoms. The number of nitrogens with one attached hydrogen (secondary N) is 2. The van der Waals surface area contributed by atoms with E-state index in [1.165, 1.54) is 0 Å². The lowest BCUT2D eigenvalue weighted by Gasteiger charge is -2.23. The van der Waals surface area contributed by atoms with Crippen LogP contribution in [0.4, 0.5) is 5.69 Å². The summed E-state index contributed by atoms with van der Waals surface area (Å²) in [7, 11) is 0. The third-order valence-electron chi connectivity index (χ3n) is 5.05. The van der Waals surface area contributed by atoms with Crippen molar-refractivity contribution >= 4 is 36.4 Å². The first-order valence-corrected chi connectivity index (χ1v) is 7.87. The highest BCUT2D eigenvalue weighted by Crippen LogP contribution is 2.58. The first kappa shape index (κ1) is 18.8. The number of halogens is 2. The van der Waals surface area contributed by atoms with Crippen molar-refractivity contribution in [2.75, 3.05) is 18.4 Å². The molecule has 0 bridgehead atoms. The Hall–Kier alpha value is -1.56. The Balaban J connectivity index is 0.00000104. The summed E-state index contributed by atoms with van der Waals surface area (Å²) >= 11 is 0. The summed E-state index contributed by atoms with van der Waals surface area (Å²) in [6.07, 6.45) is 8.65. The average Bonchev–Trinajstić information content (AvgIpc) is 2.99. The minimum absolute atomic E-state index is 0. The normalized spacial score (nSPS) is 20.6. The lowest BCUT2D eigenvalue weighted by Crippen LogP contribution is -2.31. The molecule has 2 fully saturated rings. The first-order valence-electron chi connectivity index (χ1n) is 7.87. The SMILES string of the molecule is Cl.Cl.O=C(Nc1ccccc1-n1ccnc1)C1CC12CCNCC2. The fourth-order valence-electron chi connectivity index (χ4n) is 3.62. The lowest BCUT2D eigenvalue weighted by atomic mass is 9.92. The molecule has 1 aliphatic carbocycles. The van der Waals surface area contributed by atoms with Crippen molar-refractivity contribution < 1.29 is 4.79 Å². The van der Waals surface area contributed by atoms with Gasteiger partial charge in [-0.05, 0) is 49.9 Å². The largest absolute Gasteiger partial charge is 0.324 e. The summed E-state index contributed by atoms with van der Waals surface area (Å²) in [4.78, 5) is 16.7. The van der Waals surface area contributed by atoms with Crippen LogP contribution in [0.15, 0.2) is 43.0 Å². The summed E-state index contributed by atoms with van der Waals surface area (Å²) in [5.41, 5.74) is 2.06. The number of carbonyl (C=O) groups excluding carboxylic acids is 1. The van der Waals surface area contributed by atoms with Crippen LogP contribution < -0.4 is 10.6 Å². The van der Waals surface area contributed by atoms with Crippen molar-refractivity contribution in [3.63, 3.8) is 0 Å².